The molecule has 2 atom stereocenters. The number of anilines is 1. The van der Waals surface area contributed by atoms with E-state index in [4.69, 9.17) is 5.21 Å². The highest BCUT2D eigenvalue weighted by Crippen LogP contribution is 2.09. The Morgan fingerprint density at radius 3 is 2.00 bits per heavy atom. The molecule has 0 spiro atoms. The van der Waals surface area contributed by atoms with Crippen LogP contribution in [0.5, 0.6) is 0 Å². The fraction of sp³-hybridized carbons (Fsp3) is 0.321. The third-order valence-electron chi connectivity index (χ3n) is 5.92. The van der Waals surface area contributed by atoms with E-state index in [1.165, 1.54) is 24.5 Å². The van der Waals surface area contributed by atoms with Crippen LogP contribution in [0, 0.1) is 23.7 Å². The normalized spacial score (nSPS) is 15.1. The summed E-state index contributed by atoms with van der Waals surface area (Å²) in [5, 5.41) is 23.6. The predicted octanol–water partition coefficient (Wildman–Crippen LogP) is 0.260. The summed E-state index contributed by atoms with van der Waals surface area (Å²) in [7, 11) is 2.08. The summed E-state index contributed by atoms with van der Waals surface area (Å²) in [5.41, 5.74) is 3.77. The van der Waals surface area contributed by atoms with Gasteiger partial charge in [0.2, 0.25) is 5.91 Å². The maximum absolute atomic E-state index is 12.3. The van der Waals surface area contributed by atoms with Gasteiger partial charge in [0.05, 0.1) is 12.6 Å². The topological polar surface area (TPSA) is 134 Å². The number of amides is 3. The number of hydroxylamine groups is 1. The number of hydrogen-bond donors (Lipinski definition) is 5. The Balaban J connectivity index is 1.50. The number of nitrogens with one attached hydrogen (secondary N) is 3. The summed E-state index contributed by atoms with van der Waals surface area (Å²) in [6.45, 7) is 5.39. The number of carbonyl (C=O) groups excluding carboxylic acids is 3. The van der Waals surface area contributed by atoms with Crippen LogP contribution < -0.4 is 16.1 Å². The molecule has 38 heavy (non-hydrogen) atoms. The lowest BCUT2D eigenvalue weighted by atomic mass is 10.1. The van der Waals surface area contributed by atoms with Crippen LogP contribution in [0.1, 0.15) is 28.4 Å². The highest BCUT2D eigenvalue weighted by atomic mass is 16.5. The average Bonchev–Trinajstić information content (AvgIpc) is 2.91. The number of likely N-dealkylation sites (N-methyl/N-ethyl adjacent to an activating group) is 1. The molecule has 198 valence electrons. The van der Waals surface area contributed by atoms with E-state index in [1.807, 2.05) is 12.1 Å². The summed E-state index contributed by atoms with van der Waals surface area (Å²) < 4.78 is 0. The highest BCUT2D eigenvalue weighted by molar-refractivity contribution is 5.97. The first kappa shape index (κ1) is 28.4. The Morgan fingerprint density at radius 1 is 0.921 bits per heavy atom. The van der Waals surface area contributed by atoms with Gasteiger partial charge in [0.1, 0.15) is 6.04 Å². The largest absolute Gasteiger partial charge is 0.391 e. The van der Waals surface area contributed by atoms with Crippen molar-refractivity contribution in [1.82, 2.24) is 20.6 Å². The van der Waals surface area contributed by atoms with Crippen LogP contribution in [0.4, 0.5) is 5.69 Å². The molecule has 1 heterocycles. The minimum Gasteiger partial charge on any atom is -0.391 e. The molecule has 0 unspecified atom stereocenters. The molecule has 0 bridgehead atoms. The van der Waals surface area contributed by atoms with E-state index < -0.39 is 24.0 Å². The van der Waals surface area contributed by atoms with E-state index in [9.17, 15) is 19.5 Å². The first-order chi connectivity index (χ1) is 18.2. The van der Waals surface area contributed by atoms with Gasteiger partial charge in [-0.25, -0.2) is 5.48 Å². The van der Waals surface area contributed by atoms with E-state index in [-0.39, 0.29) is 11.5 Å². The third kappa shape index (κ3) is 8.73. The molecule has 2 aromatic carbocycles. The third-order valence-corrected chi connectivity index (χ3v) is 5.92. The zero-order chi connectivity index (χ0) is 27.5. The minimum atomic E-state index is -1.30. The zero-order valence-corrected chi connectivity index (χ0v) is 21.3. The molecule has 10 heteroatoms. The van der Waals surface area contributed by atoms with Gasteiger partial charge in [-0.2, -0.15) is 0 Å². The SMILES string of the molecule is C[C@@H](O)[C@H](NC(=O)c1ccc(C#CC#Cc2ccc(NC(=O)CN3CCN(C)CC3)cc2)cc1)C(=O)NO. The van der Waals surface area contributed by atoms with Gasteiger partial charge in [0, 0.05) is 48.6 Å². The number of nitrogens with zero attached hydrogens (tertiary/aromatic N) is 2. The summed E-state index contributed by atoms with van der Waals surface area (Å²) in [5.74, 6) is 9.83. The van der Waals surface area contributed by atoms with Crippen LogP contribution in [0.15, 0.2) is 48.5 Å². The lowest BCUT2D eigenvalue weighted by Crippen LogP contribution is -2.51. The molecule has 0 radical (unpaired) electrons. The van der Waals surface area contributed by atoms with Crippen molar-refractivity contribution in [3.63, 3.8) is 0 Å². The quantitative estimate of drug-likeness (QED) is 0.202. The Labute approximate surface area is 222 Å². The summed E-state index contributed by atoms with van der Waals surface area (Å²) in [6, 6.07) is 12.2. The van der Waals surface area contributed by atoms with E-state index in [0.717, 1.165) is 31.7 Å². The Hall–Kier alpha value is -4.19. The lowest BCUT2D eigenvalue weighted by molar-refractivity contribution is -0.133. The molecule has 10 nitrogen and oxygen atoms in total. The van der Waals surface area contributed by atoms with Crippen molar-refractivity contribution >= 4 is 23.4 Å². The molecule has 3 rings (SSSR count). The van der Waals surface area contributed by atoms with E-state index in [1.54, 1.807) is 24.3 Å². The van der Waals surface area contributed by atoms with Crippen LogP contribution in [0.25, 0.3) is 0 Å². The molecule has 2 aromatic rings. The van der Waals surface area contributed by atoms with E-state index in [0.29, 0.717) is 17.8 Å². The van der Waals surface area contributed by atoms with Gasteiger partial charge in [0.25, 0.3) is 11.8 Å². The molecular weight excluding hydrogens is 486 g/mol. The van der Waals surface area contributed by atoms with E-state index >= 15 is 0 Å². The number of aliphatic hydroxyl groups is 1. The number of rotatable bonds is 7. The van der Waals surface area contributed by atoms with Crippen molar-refractivity contribution in [1.29, 1.82) is 0 Å². The zero-order valence-electron chi connectivity index (χ0n) is 21.3. The second-order valence-corrected chi connectivity index (χ2v) is 8.95. The van der Waals surface area contributed by atoms with Gasteiger partial charge >= 0.3 is 0 Å². The first-order valence-corrected chi connectivity index (χ1v) is 12.1. The number of aliphatic hydroxyl groups excluding tert-OH is 1. The lowest BCUT2D eigenvalue weighted by Gasteiger charge is -2.31. The molecule has 1 fully saturated rings. The van der Waals surface area contributed by atoms with Gasteiger partial charge in [-0.05, 0) is 74.3 Å². The van der Waals surface area contributed by atoms with E-state index in [2.05, 4.69) is 51.2 Å². The number of piperazine rings is 1. The molecule has 1 saturated heterocycles. The summed E-state index contributed by atoms with van der Waals surface area (Å²) in [6.07, 6.45) is -1.20. The van der Waals surface area contributed by atoms with Gasteiger partial charge in [-0.1, -0.05) is 11.8 Å². The fourth-order valence-electron chi connectivity index (χ4n) is 3.66. The molecule has 0 aromatic heterocycles. The van der Waals surface area contributed by atoms with Crippen molar-refractivity contribution in [3.05, 3.63) is 65.2 Å². The molecular formula is C28H31N5O5. The number of hydrogen-bond acceptors (Lipinski definition) is 7. The van der Waals surface area contributed by atoms with Crippen LogP contribution >= 0.6 is 0 Å². The van der Waals surface area contributed by atoms with Gasteiger partial charge < -0.3 is 20.6 Å². The molecule has 5 N–H and O–H groups in total. The standard InChI is InChI=1S/C28H31N5O5/c1-20(34)26(28(37)31-38)30-27(36)23-11-7-21(8-12-23)5-3-4-6-22-9-13-24(14-10-22)29-25(35)19-33-17-15-32(2)16-18-33/h7-14,20,26,34,38H,15-19H2,1-2H3,(H,29,35)(H,30,36)(H,31,37)/t20-,26+/m1/s1. The maximum atomic E-state index is 12.3. The minimum absolute atomic E-state index is 0.0406. The molecule has 0 aliphatic carbocycles. The summed E-state index contributed by atoms with van der Waals surface area (Å²) >= 11 is 0. The van der Waals surface area contributed by atoms with Crippen LogP contribution in [0.3, 0.4) is 0 Å². The Morgan fingerprint density at radius 2 is 1.47 bits per heavy atom. The van der Waals surface area contributed by atoms with Gasteiger partial charge in [-0.15, -0.1) is 0 Å². The van der Waals surface area contributed by atoms with Crippen molar-refractivity contribution in [3.8, 4) is 23.7 Å². The second-order valence-electron chi connectivity index (χ2n) is 8.95. The fourth-order valence-corrected chi connectivity index (χ4v) is 3.66. The smallest absolute Gasteiger partial charge is 0.268 e. The number of carbonyl (C=O) groups is 3. The highest BCUT2D eigenvalue weighted by Gasteiger charge is 2.25. The van der Waals surface area contributed by atoms with Gasteiger partial charge in [0.15, 0.2) is 0 Å². The van der Waals surface area contributed by atoms with Crippen molar-refractivity contribution in [2.45, 2.75) is 19.1 Å². The van der Waals surface area contributed by atoms with Crippen molar-refractivity contribution in [2.24, 2.45) is 0 Å². The monoisotopic (exact) mass is 517 g/mol. The van der Waals surface area contributed by atoms with Gasteiger partial charge in [-0.3, -0.25) is 24.5 Å². The molecule has 1 aliphatic heterocycles. The van der Waals surface area contributed by atoms with Crippen LogP contribution in [-0.4, -0.2) is 89.8 Å². The number of benzene rings is 2. The van der Waals surface area contributed by atoms with Crippen LogP contribution in [-0.2, 0) is 9.59 Å². The Kier molecular flexibility index (Phi) is 10.4. The summed E-state index contributed by atoms with van der Waals surface area (Å²) in [4.78, 5) is 40.6. The predicted molar refractivity (Wildman–Crippen MR) is 142 cm³/mol. The first-order valence-electron chi connectivity index (χ1n) is 12.1. The molecule has 3 amide bonds. The average molecular weight is 518 g/mol. The van der Waals surface area contributed by atoms with Crippen LogP contribution in [0.2, 0.25) is 0 Å². The molecule has 0 saturated carbocycles. The van der Waals surface area contributed by atoms with Crippen molar-refractivity contribution in [2.75, 3.05) is 45.1 Å². The maximum Gasteiger partial charge on any atom is 0.268 e. The molecule has 1 aliphatic rings. The Bertz CT molecular complexity index is 1250. The van der Waals surface area contributed by atoms with Crippen molar-refractivity contribution < 1.29 is 24.7 Å². The second kappa shape index (κ2) is 13.9.